The second kappa shape index (κ2) is 8.22. The fourth-order valence-corrected chi connectivity index (χ4v) is 2.97. The minimum atomic E-state index is -0.0321. The highest BCUT2D eigenvalue weighted by Gasteiger charge is 2.14. The number of halogens is 2. The van der Waals surface area contributed by atoms with Gasteiger partial charge in [0, 0.05) is 17.4 Å². The third-order valence-corrected chi connectivity index (χ3v) is 4.48. The Morgan fingerprint density at radius 1 is 1.00 bits per heavy atom. The van der Waals surface area contributed by atoms with Crippen LogP contribution in [0.1, 0.15) is 12.0 Å². The van der Waals surface area contributed by atoms with Crippen LogP contribution in [0.5, 0.6) is 5.75 Å². The summed E-state index contributed by atoms with van der Waals surface area (Å²) in [6, 6.07) is 15.4. The second-order valence-electron chi connectivity index (χ2n) is 5.56. The Hall–Kier alpha value is -1.97. The third kappa shape index (κ3) is 4.53. The van der Waals surface area contributed by atoms with Crippen molar-refractivity contribution < 1.29 is 4.74 Å². The molecule has 0 bridgehead atoms. The van der Waals surface area contributed by atoms with E-state index in [1.165, 1.54) is 0 Å². The van der Waals surface area contributed by atoms with E-state index in [2.05, 4.69) is 4.98 Å². The predicted octanol–water partition coefficient (Wildman–Crippen LogP) is 5.27. The number of nitrogens with zero attached hydrogens (tertiary/aromatic N) is 2. The molecule has 0 radical (unpaired) electrons. The SMILES string of the molecule is Clc1ccccc1CCC(Cn1ccnc1)Oc1ccccc1Cl. The number of aromatic nitrogens is 2. The molecule has 1 heterocycles. The lowest BCUT2D eigenvalue weighted by molar-refractivity contribution is 0.170. The molecule has 1 atom stereocenters. The monoisotopic (exact) mass is 360 g/mol. The Morgan fingerprint density at radius 2 is 1.75 bits per heavy atom. The highest BCUT2D eigenvalue weighted by molar-refractivity contribution is 6.32. The Bertz CT molecular complexity index is 775. The first-order valence-electron chi connectivity index (χ1n) is 7.82. The smallest absolute Gasteiger partial charge is 0.138 e. The average molecular weight is 361 g/mol. The van der Waals surface area contributed by atoms with Gasteiger partial charge in [-0.05, 0) is 36.6 Å². The Balaban J connectivity index is 1.72. The summed E-state index contributed by atoms with van der Waals surface area (Å²) in [6.45, 7) is 0.704. The Kier molecular flexibility index (Phi) is 5.78. The average Bonchev–Trinajstić information content (AvgIpc) is 3.09. The molecular weight excluding hydrogens is 343 g/mol. The van der Waals surface area contributed by atoms with Crippen molar-refractivity contribution in [2.45, 2.75) is 25.5 Å². The fraction of sp³-hybridized carbons (Fsp3) is 0.211. The van der Waals surface area contributed by atoms with E-state index < -0.39 is 0 Å². The molecule has 2 aromatic carbocycles. The highest BCUT2D eigenvalue weighted by Crippen LogP contribution is 2.26. The number of ether oxygens (including phenoxy) is 1. The van der Waals surface area contributed by atoms with Gasteiger partial charge in [-0.25, -0.2) is 4.98 Å². The van der Waals surface area contributed by atoms with Crippen LogP contribution in [0.2, 0.25) is 10.0 Å². The molecule has 0 aliphatic rings. The summed E-state index contributed by atoms with van der Waals surface area (Å²) in [5.74, 6) is 0.698. The van der Waals surface area contributed by atoms with E-state index in [9.17, 15) is 0 Å². The van der Waals surface area contributed by atoms with Crippen molar-refractivity contribution in [3.05, 3.63) is 82.9 Å². The minimum absolute atomic E-state index is 0.0321. The van der Waals surface area contributed by atoms with Crippen molar-refractivity contribution >= 4 is 23.2 Å². The van der Waals surface area contributed by atoms with E-state index in [1.807, 2.05) is 59.3 Å². The predicted molar refractivity (Wildman–Crippen MR) is 97.9 cm³/mol. The first-order chi connectivity index (χ1) is 11.7. The maximum Gasteiger partial charge on any atom is 0.138 e. The zero-order valence-electron chi connectivity index (χ0n) is 13.1. The lowest BCUT2D eigenvalue weighted by Crippen LogP contribution is -2.23. The normalized spacial score (nSPS) is 12.1. The largest absolute Gasteiger partial charge is 0.487 e. The van der Waals surface area contributed by atoms with E-state index in [-0.39, 0.29) is 6.10 Å². The van der Waals surface area contributed by atoms with Gasteiger partial charge in [-0.2, -0.15) is 0 Å². The summed E-state index contributed by atoms with van der Waals surface area (Å²) in [7, 11) is 0. The molecule has 0 aliphatic carbocycles. The number of hydrogen-bond donors (Lipinski definition) is 0. The van der Waals surface area contributed by atoms with E-state index in [0.29, 0.717) is 17.3 Å². The molecule has 0 amide bonds. The van der Waals surface area contributed by atoms with Crippen LogP contribution in [0.4, 0.5) is 0 Å². The summed E-state index contributed by atoms with van der Waals surface area (Å²) in [4.78, 5) is 4.09. The Labute approximate surface area is 151 Å². The number of aryl methyl sites for hydroxylation is 1. The van der Waals surface area contributed by atoms with Gasteiger partial charge < -0.3 is 9.30 Å². The highest BCUT2D eigenvalue weighted by atomic mass is 35.5. The van der Waals surface area contributed by atoms with Crippen molar-refractivity contribution in [3.63, 3.8) is 0 Å². The maximum absolute atomic E-state index is 6.26. The molecule has 0 saturated heterocycles. The van der Waals surface area contributed by atoms with Crippen LogP contribution in [-0.4, -0.2) is 15.7 Å². The van der Waals surface area contributed by atoms with Crippen LogP contribution in [0.25, 0.3) is 0 Å². The van der Waals surface area contributed by atoms with Gasteiger partial charge in [0.05, 0.1) is 17.9 Å². The van der Waals surface area contributed by atoms with Crippen LogP contribution in [0.15, 0.2) is 67.3 Å². The summed E-state index contributed by atoms with van der Waals surface area (Å²) >= 11 is 12.5. The number of benzene rings is 2. The van der Waals surface area contributed by atoms with Gasteiger partial charge in [-0.15, -0.1) is 0 Å². The Morgan fingerprint density at radius 3 is 2.46 bits per heavy atom. The van der Waals surface area contributed by atoms with Gasteiger partial charge in [-0.3, -0.25) is 0 Å². The molecule has 0 spiro atoms. The summed E-state index contributed by atoms with van der Waals surface area (Å²) in [6.07, 6.45) is 7.11. The van der Waals surface area contributed by atoms with E-state index in [1.54, 1.807) is 12.5 Å². The quantitative estimate of drug-likeness (QED) is 0.573. The molecule has 124 valence electrons. The molecule has 24 heavy (non-hydrogen) atoms. The van der Waals surface area contributed by atoms with Gasteiger partial charge in [0.25, 0.3) is 0 Å². The van der Waals surface area contributed by atoms with Crippen molar-refractivity contribution in [2.75, 3.05) is 0 Å². The van der Waals surface area contributed by atoms with Gasteiger partial charge in [0.2, 0.25) is 0 Å². The maximum atomic E-state index is 6.26. The molecule has 3 nitrogen and oxygen atoms in total. The van der Waals surface area contributed by atoms with Crippen LogP contribution in [0, 0.1) is 0 Å². The van der Waals surface area contributed by atoms with Gasteiger partial charge >= 0.3 is 0 Å². The minimum Gasteiger partial charge on any atom is -0.487 e. The second-order valence-corrected chi connectivity index (χ2v) is 6.37. The standard InChI is InChI=1S/C19H18Cl2N2O/c20-17-6-2-1-5-15(17)9-10-16(13-23-12-11-22-14-23)24-19-8-4-3-7-18(19)21/h1-8,11-12,14,16H,9-10,13H2. The zero-order valence-corrected chi connectivity index (χ0v) is 14.6. The molecule has 1 unspecified atom stereocenters. The van der Waals surface area contributed by atoms with E-state index in [0.717, 1.165) is 23.4 Å². The first kappa shape index (κ1) is 16.9. The van der Waals surface area contributed by atoms with Crippen LogP contribution < -0.4 is 4.74 Å². The van der Waals surface area contributed by atoms with Crippen molar-refractivity contribution in [3.8, 4) is 5.75 Å². The summed E-state index contributed by atoms with van der Waals surface area (Å²) in [5, 5.41) is 1.41. The van der Waals surface area contributed by atoms with Crippen LogP contribution >= 0.6 is 23.2 Å². The van der Waals surface area contributed by atoms with Crippen LogP contribution in [-0.2, 0) is 13.0 Å². The molecule has 5 heteroatoms. The number of rotatable bonds is 7. The van der Waals surface area contributed by atoms with Crippen molar-refractivity contribution in [2.24, 2.45) is 0 Å². The molecule has 0 N–H and O–H groups in total. The van der Waals surface area contributed by atoms with Crippen LogP contribution in [0.3, 0.4) is 0 Å². The molecule has 3 rings (SSSR count). The van der Waals surface area contributed by atoms with E-state index in [4.69, 9.17) is 27.9 Å². The first-order valence-corrected chi connectivity index (χ1v) is 8.58. The lowest BCUT2D eigenvalue weighted by atomic mass is 10.1. The summed E-state index contributed by atoms with van der Waals surface area (Å²) < 4.78 is 8.16. The molecule has 0 fully saturated rings. The van der Waals surface area contributed by atoms with Gasteiger partial charge in [-0.1, -0.05) is 53.5 Å². The third-order valence-electron chi connectivity index (χ3n) is 3.80. The zero-order chi connectivity index (χ0) is 16.8. The summed E-state index contributed by atoms with van der Waals surface area (Å²) in [5.41, 5.74) is 1.12. The fourth-order valence-electron chi connectivity index (χ4n) is 2.55. The number of hydrogen-bond acceptors (Lipinski definition) is 2. The molecule has 0 aliphatic heterocycles. The van der Waals surface area contributed by atoms with Gasteiger partial charge in [0.1, 0.15) is 11.9 Å². The molecule has 3 aromatic rings. The van der Waals surface area contributed by atoms with Crippen molar-refractivity contribution in [1.29, 1.82) is 0 Å². The van der Waals surface area contributed by atoms with Crippen molar-refractivity contribution in [1.82, 2.24) is 9.55 Å². The molecular formula is C19H18Cl2N2O. The molecule has 1 aromatic heterocycles. The molecule has 0 saturated carbocycles. The van der Waals surface area contributed by atoms with Gasteiger partial charge in [0.15, 0.2) is 0 Å². The number of para-hydroxylation sites is 1. The topological polar surface area (TPSA) is 27.1 Å². The lowest BCUT2D eigenvalue weighted by Gasteiger charge is -2.20. The van der Waals surface area contributed by atoms with E-state index >= 15 is 0 Å². The number of imidazole rings is 1.